The van der Waals surface area contributed by atoms with Crippen molar-refractivity contribution in [2.75, 3.05) is 23.3 Å². The number of carbonyl (C=O) groups is 1. The van der Waals surface area contributed by atoms with Gasteiger partial charge in [0.2, 0.25) is 0 Å². The number of hydrogen-bond donors (Lipinski definition) is 2. The van der Waals surface area contributed by atoms with Gasteiger partial charge in [0.1, 0.15) is 11.5 Å². The Balaban J connectivity index is 1.76. The van der Waals surface area contributed by atoms with Gasteiger partial charge in [-0.2, -0.15) is 0 Å². The lowest BCUT2D eigenvalue weighted by molar-refractivity contribution is 0.0697. The number of hydrogen-bond acceptors (Lipinski definition) is 4. The van der Waals surface area contributed by atoms with Gasteiger partial charge in [-0.15, -0.1) is 0 Å². The van der Waals surface area contributed by atoms with Gasteiger partial charge in [0.05, 0.1) is 5.56 Å². The predicted molar refractivity (Wildman–Crippen MR) is 136 cm³/mol. The number of unbranched alkanes of at least 4 members (excludes halogenated alkanes) is 3. The summed E-state index contributed by atoms with van der Waals surface area (Å²) in [6.07, 6.45) is 4.99. The number of aromatic carboxylic acids is 1. The van der Waals surface area contributed by atoms with Crippen LogP contribution in [-0.4, -0.2) is 24.2 Å². The van der Waals surface area contributed by atoms with E-state index in [1.165, 1.54) is 12.1 Å². The van der Waals surface area contributed by atoms with Crippen molar-refractivity contribution in [3.63, 3.8) is 0 Å². The minimum Gasteiger partial charge on any atom is -0.478 e. The molecule has 0 aliphatic carbocycles. The number of benzene rings is 3. The quantitative estimate of drug-likeness (QED) is 0.242. The molecule has 0 radical (unpaired) electrons. The molecule has 0 heterocycles. The fraction of sp³-hybridized carbons (Fsp3) is 0.321. The van der Waals surface area contributed by atoms with Gasteiger partial charge >= 0.3 is 5.97 Å². The van der Waals surface area contributed by atoms with Crippen LogP contribution in [0.1, 0.15) is 56.3 Å². The topological polar surface area (TPSA) is 61.8 Å². The first-order chi connectivity index (χ1) is 16.9. The molecule has 0 aliphatic rings. The Morgan fingerprint density at radius 2 is 1.54 bits per heavy atom. The summed E-state index contributed by atoms with van der Waals surface area (Å²) in [5.74, 6) is -1.84. The van der Waals surface area contributed by atoms with Crippen LogP contribution in [0, 0.1) is 11.6 Å². The van der Waals surface area contributed by atoms with Crippen LogP contribution >= 0.6 is 0 Å². The SMILES string of the molecule is CCCCCNc1ccc(Oc2ccc(N(CCCC)c3ccc(F)c(F)c3)cc2)cc1C(=O)O. The van der Waals surface area contributed by atoms with E-state index in [4.69, 9.17) is 4.74 Å². The zero-order chi connectivity index (χ0) is 25.2. The first-order valence-electron chi connectivity index (χ1n) is 12.0. The van der Waals surface area contributed by atoms with Crippen LogP contribution < -0.4 is 15.0 Å². The van der Waals surface area contributed by atoms with Crippen molar-refractivity contribution >= 4 is 23.0 Å². The minimum atomic E-state index is -1.03. The highest BCUT2D eigenvalue weighted by Gasteiger charge is 2.14. The third-order valence-corrected chi connectivity index (χ3v) is 5.65. The lowest BCUT2D eigenvalue weighted by Gasteiger charge is -2.25. The summed E-state index contributed by atoms with van der Waals surface area (Å²) in [7, 11) is 0. The largest absolute Gasteiger partial charge is 0.478 e. The van der Waals surface area contributed by atoms with Crippen LogP contribution in [0.3, 0.4) is 0 Å². The Kier molecular flexibility index (Phi) is 9.47. The number of ether oxygens (including phenoxy) is 1. The normalized spacial score (nSPS) is 10.7. The molecular weight excluding hydrogens is 450 g/mol. The molecule has 0 aromatic heterocycles. The zero-order valence-electron chi connectivity index (χ0n) is 20.2. The van der Waals surface area contributed by atoms with E-state index in [9.17, 15) is 18.7 Å². The van der Waals surface area contributed by atoms with E-state index in [1.54, 1.807) is 30.3 Å². The van der Waals surface area contributed by atoms with Crippen molar-refractivity contribution in [2.45, 2.75) is 46.0 Å². The third-order valence-electron chi connectivity index (χ3n) is 5.65. The Labute approximate surface area is 205 Å². The summed E-state index contributed by atoms with van der Waals surface area (Å²) in [6, 6.07) is 16.1. The molecule has 3 rings (SSSR count). The highest BCUT2D eigenvalue weighted by molar-refractivity contribution is 5.94. The predicted octanol–water partition coefficient (Wildman–Crippen LogP) is 8.00. The van der Waals surface area contributed by atoms with Crippen LogP contribution in [0.25, 0.3) is 0 Å². The molecule has 3 aromatic carbocycles. The highest BCUT2D eigenvalue weighted by Crippen LogP contribution is 2.31. The van der Waals surface area contributed by atoms with Crippen molar-refractivity contribution in [3.8, 4) is 11.5 Å². The number of rotatable bonds is 13. The van der Waals surface area contributed by atoms with Gasteiger partial charge in [-0.05, 0) is 67.4 Å². The summed E-state index contributed by atoms with van der Waals surface area (Å²) >= 11 is 0. The molecule has 0 unspecified atom stereocenters. The Bertz CT molecular complexity index is 1120. The van der Waals surface area contributed by atoms with Gasteiger partial charge in [-0.1, -0.05) is 33.1 Å². The van der Waals surface area contributed by atoms with Gasteiger partial charge in [0.25, 0.3) is 0 Å². The van der Waals surface area contributed by atoms with E-state index in [0.29, 0.717) is 36.0 Å². The molecule has 7 heteroatoms. The zero-order valence-corrected chi connectivity index (χ0v) is 20.2. The highest BCUT2D eigenvalue weighted by atomic mass is 19.2. The molecule has 0 bridgehead atoms. The molecule has 186 valence electrons. The Hall–Kier alpha value is -3.61. The Morgan fingerprint density at radius 3 is 2.20 bits per heavy atom. The fourth-order valence-corrected chi connectivity index (χ4v) is 3.72. The minimum absolute atomic E-state index is 0.152. The van der Waals surface area contributed by atoms with Gasteiger partial charge in [0, 0.05) is 36.2 Å². The lowest BCUT2D eigenvalue weighted by Crippen LogP contribution is -2.18. The van der Waals surface area contributed by atoms with E-state index < -0.39 is 17.6 Å². The second-order valence-corrected chi connectivity index (χ2v) is 8.35. The number of carboxylic acids is 1. The monoisotopic (exact) mass is 482 g/mol. The van der Waals surface area contributed by atoms with Crippen molar-refractivity contribution in [2.24, 2.45) is 0 Å². The van der Waals surface area contributed by atoms with Crippen LogP contribution in [0.4, 0.5) is 25.8 Å². The second kappa shape index (κ2) is 12.7. The molecule has 0 amide bonds. The van der Waals surface area contributed by atoms with Gasteiger partial charge in [-0.3, -0.25) is 0 Å². The molecular formula is C28H32F2N2O3. The first kappa shape index (κ1) is 26.0. The van der Waals surface area contributed by atoms with E-state index in [2.05, 4.69) is 19.2 Å². The average Bonchev–Trinajstić information content (AvgIpc) is 2.85. The Morgan fingerprint density at radius 1 is 0.857 bits per heavy atom. The molecule has 0 atom stereocenters. The lowest BCUT2D eigenvalue weighted by atomic mass is 10.1. The standard InChI is InChI=1S/C28H32F2N2O3/c1-3-5-7-16-31-27-15-13-23(19-24(27)28(33)34)35-22-11-8-20(9-12-22)32(17-6-4-2)21-10-14-25(29)26(30)18-21/h8-15,18-19,31H,3-7,16-17H2,1-2H3,(H,33,34). The molecule has 3 aromatic rings. The fourth-order valence-electron chi connectivity index (χ4n) is 3.72. The van der Waals surface area contributed by atoms with E-state index in [0.717, 1.165) is 43.9 Å². The van der Waals surface area contributed by atoms with Gasteiger partial charge < -0.3 is 20.1 Å². The maximum atomic E-state index is 13.8. The van der Waals surface area contributed by atoms with Gasteiger partial charge in [-0.25, -0.2) is 13.6 Å². The van der Waals surface area contributed by atoms with Crippen LogP contribution in [0.5, 0.6) is 11.5 Å². The summed E-state index contributed by atoms with van der Waals surface area (Å²) < 4.78 is 33.2. The summed E-state index contributed by atoms with van der Waals surface area (Å²) in [5, 5.41) is 12.8. The maximum Gasteiger partial charge on any atom is 0.337 e. The molecule has 0 saturated heterocycles. The number of anilines is 3. The summed E-state index contributed by atoms with van der Waals surface area (Å²) in [6.45, 7) is 5.54. The third kappa shape index (κ3) is 7.18. The van der Waals surface area contributed by atoms with Crippen molar-refractivity contribution in [3.05, 3.63) is 77.9 Å². The van der Waals surface area contributed by atoms with E-state index >= 15 is 0 Å². The molecule has 0 spiro atoms. The average molecular weight is 483 g/mol. The van der Waals surface area contributed by atoms with E-state index in [1.807, 2.05) is 17.0 Å². The second-order valence-electron chi connectivity index (χ2n) is 8.35. The molecule has 35 heavy (non-hydrogen) atoms. The van der Waals surface area contributed by atoms with Gasteiger partial charge in [0.15, 0.2) is 11.6 Å². The number of carboxylic acid groups (broad SMARTS) is 1. The molecule has 0 fully saturated rings. The molecule has 2 N–H and O–H groups in total. The molecule has 5 nitrogen and oxygen atoms in total. The number of halogens is 2. The van der Waals surface area contributed by atoms with E-state index in [-0.39, 0.29) is 5.56 Å². The number of nitrogens with one attached hydrogen (secondary N) is 1. The maximum absolute atomic E-state index is 13.8. The molecule has 0 saturated carbocycles. The number of nitrogens with zero attached hydrogens (tertiary/aromatic N) is 1. The molecule has 0 aliphatic heterocycles. The summed E-state index contributed by atoms with van der Waals surface area (Å²) in [4.78, 5) is 13.7. The van der Waals surface area contributed by atoms with Crippen molar-refractivity contribution in [1.82, 2.24) is 0 Å². The first-order valence-corrected chi connectivity index (χ1v) is 12.0. The van der Waals surface area contributed by atoms with Crippen LogP contribution in [0.2, 0.25) is 0 Å². The smallest absolute Gasteiger partial charge is 0.337 e. The van der Waals surface area contributed by atoms with Crippen molar-refractivity contribution < 1.29 is 23.4 Å². The summed E-state index contributed by atoms with van der Waals surface area (Å²) in [5.41, 5.74) is 2.10. The van der Waals surface area contributed by atoms with Crippen LogP contribution in [-0.2, 0) is 0 Å². The van der Waals surface area contributed by atoms with Crippen molar-refractivity contribution in [1.29, 1.82) is 0 Å². The van der Waals surface area contributed by atoms with Crippen LogP contribution in [0.15, 0.2) is 60.7 Å².